The number of amides is 3. The standard InChI is InChI=1S/C29H22F3N5O2S/c1-16(38)35-20-9-5-17(6-10-20)23-14-34-27(33)25-24(15-40-26(23)25)18-7-11-21(12-8-18)36-28(39)37-22-4-2-3-19(13-22)29(30,31)32/h2-15H,1H3,(H2,33,34)(H,35,38)(H2,36,37,39). The first-order valence-corrected chi connectivity index (χ1v) is 12.9. The van der Waals surface area contributed by atoms with Gasteiger partial charge >= 0.3 is 12.2 Å². The molecular weight excluding hydrogens is 539 g/mol. The number of fused-ring (bicyclic) bond motifs is 1. The van der Waals surface area contributed by atoms with Crippen molar-refractivity contribution in [2.24, 2.45) is 0 Å². The number of pyridine rings is 1. The molecule has 5 rings (SSSR count). The molecule has 0 aliphatic carbocycles. The molecule has 0 radical (unpaired) electrons. The second-order valence-corrected chi connectivity index (χ2v) is 9.78. The van der Waals surface area contributed by atoms with Crippen LogP contribution in [0.5, 0.6) is 0 Å². The van der Waals surface area contributed by atoms with Crippen molar-refractivity contribution in [2.75, 3.05) is 21.7 Å². The lowest BCUT2D eigenvalue weighted by Gasteiger charge is -2.11. The summed E-state index contributed by atoms with van der Waals surface area (Å²) < 4.78 is 39.8. The van der Waals surface area contributed by atoms with Gasteiger partial charge in [0.25, 0.3) is 0 Å². The fourth-order valence-corrected chi connectivity index (χ4v) is 5.34. The van der Waals surface area contributed by atoms with Gasteiger partial charge in [-0.05, 0) is 59.0 Å². The number of rotatable bonds is 5. The van der Waals surface area contributed by atoms with Gasteiger partial charge < -0.3 is 21.7 Å². The van der Waals surface area contributed by atoms with Gasteiger partial charge in [0, 0.05) is 51.4 Å². The molecule has 2 aromatic heterocycles. The molecule has 0 fully saturated rings. The molecule has 202 valence electrons. The van der Waals surface area contributed by atoms with Crippen LogP contribution in [0.1, 0.15) is 12.5 Å². The number of alkyl halides is 3. The first-order chi connectivity index (χ1) is 19.1. The van der Waals surface area contributed by atoms with Crippen molar-refractivity contribution in [1.29, 1.82) is 0 Å². The van der Waals surface area contributed by atoms with E-state index in [0.717, 1.165) is 44.5 Å². The topological polar surface area (TPSA) is 109 Å². The van der Waals surface area contributed by atoms with Gasteiger partial charge in [-0.15, -0.1) is 11.3 Å². The molecule has 3 amide bonds. The van der Waals surface area contributed by atoms with Crippen LogP contribution in [0.25, 0.3) is 32.3 Å². The number of nitrogens with two attached hydrogens (primary N) is 1. The molecule has 0 saturated heterocycles. The first kappa shape index (κ1) is 26.7. The zero-order valence-electron chi connectivity index (χ0n) is 21.0. The Morgan fingerprint density at radius 2 is 1.43 bits per heavy atom. The Morgan fingerprint density at radius 3 is 2.05 bits per heavy atom. The van der Waals surface area contributed by atoms with Crippen LogP contribution in [0.4, 0.5) is 40.8 Å². The number of nitrogens with zero attached hydrogens (tertiary/aromatic N) is 1. The molecule has 2 heterocycles. The number of benzene rings is 3. The Kier molecular flexibility index (Phi) is 7.14. The number of nitrogens with one attached hydrogen (secondary N) is 3. The van der Waals surface area contributed by atoms with E-state index in [1.165, 1.54) is 30.4 Å². The average molecular weight is 562 g/mol. The van der Waals surface area contributed by atoms with E-state index in [-0.39, 0.29) is 11.6 Å². The lowest BCUT2D eigenvalue weighted by atomic mass is 10.0. The van der Waals surface area contributed by atoms with Gasteiger partial charge in [-0.25, -0.2) is 9.78 Å². The number of thiophene rings is 1. The Bertz CT molecular complexity index is 1720. The Morgan fingerprint density at radius 1 is 0.825 bits per heavy atom. The van der Waals surface area contributed by atoms with Gasteiger partial charge in [0.2, 0.25) is 5.91 Å². The highest BCUT2D eigenvalue weighted by atomic mass is 32.1. The largest absolute Gasteiger partial charge is 0.416 e. The second-order valence-electron chi connectivity index (χ2n) is 8.90. The molecule has 0 atom stereocenters. The summed E-state index contributed by atoms with van der Waals surface area (Å²) in [6.45, 7) is 1.45. The van der Waals surface area contributed by atoms with Gasteiger partial charge in [-0.2, -0.15) is 13.2 Å². The number of anilines is 4. The van der Waals surface area contributed by atoms with Crippen LogP contribution >= 0.6 is 11.3 Å². The summed E-state index contributed by atoms with van der Waals surface area (Å²) >= 11 is 1.53. The maximum absolute atomic E-state index is 12.9. The van der Waals surface area contributed by atoms with Crippen LogP contribution < -0.4 is 21.7 Å². The predicted molar refractivity (Wildman–Crippen MR) is 153 cm³/mol. The number of hydrogen-bond acceptors (Lipinski definition) is 5. The highest BCUT2D eigenvalue weighted by Gasteiger charge is 2.30. The van der Waals surface area contributed by atoms with Crippen molar-refractivity contribution in [3.63, 3.8) is 0 Å². The van der Waals surface area contributed by atoms with Crippen LogP contribution in [0.15, 0.2) is 84.4 Å². The van der Waals surface area contributed by atoms with E-state index in [4.69, 9.17) is 5.73 Å². The molecule has 0 spiro atoms. The van der Waals surface area contributed by atoms with Crippen molar-refractivity contribution in [3.05, 3.63) is 89.9 Å². The minimum absolute atomic E-state index is 0.0252. The first-order valence-electron chi connectivity index (χ1n) is 12.0. The van der Waals surface area contributed by atoms with Crippen LogP contribution in [-0.4, -0.2) is 16.9 Å². The van der Waals surface area contributed by atoms with E-state index in [1.807, 2.05) is 41.8 Å². The monoisotopic (exact) mass is 561 g/mol. The van der Waals surface area contributed by atoms with Crippen LogP contribution in [0, 0.1) is 0 Å². The molecule has 0 bridgehead atoms. The average Bonchev–Trinajstić information content (AvgIpc) is 3.35. The molecular formula is C29H22F3N5O2S. The number of aromatic nitrogens is 1. The quantitative estimate of drug-likeness (QED) is 0.175. The molecule has 3 aromatic carbocycles. The third-order valence-electron chi connectivity index (χ3n) is 6.04. The number of halogens is 3. The summed E-state index contributed by atoms with van der Waals surface area (Å²) in [5, 5.41) is 10.6. The maximum atomic E-state index is 12.9. The van der Waals surface area contributed by atoms with E-state index >= 15 is 0 Å². The molecule has 5 N–H and O–H groups in total. The van der Waals surface area contributed by atoms with Gasteiger partial charge in [-0.1, -0.05) is 30.3 Å². The third kappa shape index (κ3) is 5.74. The number of carbonyl (C=O) groups is 2. The molecule has 0 unspecified atom stereocenters. The van der Waals surface area contributed by atoms with Crippen molar-refractivity contribution >= 4 is 56.2 Å². The zero-order valence-corrected chi connectivity index (χ0v) is 21.8. The lowest BCUT2D eigenvalue weighted by Crippen LogP contribution is -2.19. The summed E-state index contributed by atoms with van der Waals surface area (Å²) in [5.41, 5.74) is 10.2. The van der Waals surface area contributed by atoms with Gasteiger partial charge in [0.1, 0.15) is 5.82 Å². The van der Waals surface area contributed by atoms with E-state index in [9.17, 15) is 22.8 Å². The van der Waals surface area contributed by atoms with Crippen molar-refractivity contribution in [3.8, 4) is 22.3 Å². The fraction of sp³-hybridized carbons (Fsp3) is 0.0690. The molecule has 11 heteroatoms. The van der Waals surface area contributed by atoms with Crippen molar-refractivity contribution in [1.82, 2.24) is 4.98 Å². The number of nitrogen functional groups attached to an aromatic ring is 1. The molecule has 7 nitrogen and oxygen atoms in total. The van der Waals surface area contributed by atoms with Gasteiger partial charge in [0.15, 0.2) is 0 Å². The smallest absolute Gasteiger partial charge is 0.383 e. The Hall–Kier alpha value is -4.90. The van der Waals surface area contributed by atoms with E-state index in [0.29, 0.717) is 17.2 Å². The van der Waals surface area contributed by atoms with Crippen molar-refractivity contribution < 1.29 is 22.8 Å². The minimum atomic E-state index is -4.51. The highest BCUT2D eigenvalue weighted by molar-refractivity contribution is 7.18. The zero-order chi connectivity index (χ0) is 28.4. The Balaban J connectivity index is 1.35. The fourth-order valence-electron chi connectivity index (χ4n) is 4.22. The lowest BCUT2D eigenvalue weighted by molar-refractivity contribution is -0.137. The van der Waals surface area contributed by atoms with Gasteiger partial charge in [0.05, 0.1) is 5.56 Å². The number of hydrogen-bond donors (Lipinski definition) is 4. The number of urea groups is 1. The molecule has 0 aliphatic rings. The highest BCUT2D eigenvalue weighted by Crippen LogP contribution is 2.42. The predicted octanol–water partition coefficient (Wildman–Crippen LogP) is 7.83. The van der Waals surface area contributed by atoms with Crippen LogP contribution in [0.2, 0.25) is 0 Å². The summed E-state index contributed by atoms with van der Waals surface area (Å²) in [6, 6.07) is 18.2. The number of carbonyl (C=O) groups excluding carboxylic acids is 2. The Labute approximate surface area is 230 Å². The minimum Gasteiger partial charge on any atom is -0.383 e. The summed E-state index contributed by atoms with van der Waals surface area (Å²) in [5.74, 6) is 0.234. The van der Waals surface area contributed by atoms with E-state index < -0.39 is 17.8 Å². The molecule has 5 aromatic rings. The molecule has 0 saturated carbocycles. The maximum Gasteiger partial charge on any atom is 0.416 e. The summed E-state index contributed by atoms with van der Waals surface area (Å²) in [4.78, 5) is 28.1. The normalized spacial score (nSPS) is 11.3. The van der Waals surface area contributed by atoms with E-state index in [1.54, 1.807) is 18.3 Å². The summed E-state index contributed by atoms with van der Waals surface area (Å²) in [7, 11) is 0. The van der Waals surface area contributed by atoms with Crippen molar-refractivity contribution in [2.45, 2.75) is 13.1 Å². The third-order valence-corrected chi connectivity index (χ3v) is 7.06. The molecule has 0 aliphatic heterocycles. The molecule has 40 heavy (non-hydrogen) atoms. The van der Waals surface area contributed by atoms with E-state index in [2.05, 4.69) is 20.9 Å². The SMILES string of the molecule is CC(=O)Nc1ccc(-c2cnc(N)c3c(-c4ccc(NC(=O)Nc5cccc(C(F)(F)F)c5)cc4)csc23)cc1. The van der Waals surface area contributed by atoms with Crippen LogP contribution in [0.3, 0.4) is 0 Å². The van der Waals surface area contributed by atoms with Gasteiger partial charge in [-0.3, -0.25) is 4.79 Å². The second kappa shape index (κ2) is 10.7. The van der Waals surface area contributed by atoms with Crippen LogP contribution in [-0.2, 0) is 11.0 Å². The summed E-state index contributed by atoms with van der Waals surface area (Å²) in [6.07, 6.45) is -2.78.